The maximum atomic E-state index is 12.0. The second-order valence-electron chi connectivity index (χ2n) is 5.92. The van der Waals surface area contributed by atoms with Gasteiger partial charge in [0.2, 0.25) is 11.0 Å². The highest BCUT2D eigenvalue weighted by molar-refractivity contribution is 8.01. The number of aromatic nitrogens is 2. The standard InChI is InChI=1S/C17H22N4O2S2/c1-23-14-9-5-8-13(10-14)19-16-20-21-17(25-16)24-11-15(22)18-12-6-3-2-4-7-12/h5,8-10,12H,2-4,6-7,11H2,1H3,(H,18,22)(H,19,20). The second-order valence-corrected chi connectivity index (χ2v) is 8.12. The minimum Gasteiger partial charge on any atom is -0.497 e. The average Bonchev–Trinajstić information content (AvgIpc) is 3.08. The van der Waals surface area contributed by atoms with E-state index >= 15 is 0 Å². The van der Waals surface area contributed by atoms with Crippen molar-refractivity contribution in [3.8, 4) is 5.75 Å². The van der Waals surface area contributed by atoms with Crippen LogP contribution >= 0.6 is 23.1 Å². The van der Waals surface area contributed by atoms with Crippen molar-refractivity contribution in [2.24, 2.45) is 0 Å². The van der Waals surface area contributed by atoms with Crippen LogP contribution in [-0.4, -0.2) is 35.0 Å². The van der Waals surface area contributed by atoms with Crippen molar-refractivity contribution in [2.75, 3.05) is 18.2 Å². The number of carbonyl (C=O) groups is 1. The summed E-state index contributed by atoms with van der Waals surface area (Å²) in [5, 5.41) is 15.3. The monoisotopic (exact) mass is 378 g/mol. The normalized spacial score (nSPS) is 14.9. The Hall–Kier alpha value is -1.80. The largest absolute Gasteiger partial charge is 0.497 e. The smallest absolute Gasteiger partial charge is 0.230 e. The van der Waals surface area contributed by atoms with Gasteiger partial charge in [0.15, 0.2) is 4.34 Å². The molecule has 1 heterocycles. The molecule has 2 aromatic rings. The Bertz CT molecular complexity index is 701. The number of anilines is 2. The average molecular weight is 379 g/mol. The minimum atomic E-state index is 0.0782. The van der Waals surface area contributed by atoms with Crippen molar-refractivity contribution in [3.05, 3.63) is 24.3 Å². The van der Waals surface area contributed by atoms with Crippen LogP contribution in [0.1, 0.15) is 32.1 Å². The third-order valence-corrected chi connectivity index (χ3v) is 6.00. The topological polar surface area (TPSA) is 76.1 Å². The number of hydrogen-bond acceptors (Lipinski definition) is 7. The third-order valence-electron chi connectivity index (χ3n) is 4.02. The van der Waals surface area contributed by atoms with Gasteiger partial charge < -0.3 is 15.4 Å². The van der Waals surface area contributed by atoms with E-state index in [4.69, 9.17) is 4.74 Å². The quantitative estimate of drug-likeness (QED) is 0.713. The van der Waals surface area contributed by atoms with E-state index in [9.17, 15) is 4.79 Å². The van der Waals surface area contributed by atoms with Gasteiger partial charge in [-0.2, -0.15) is 0 Å². The van der Waals surface area contributed by atoms with Crippen molar-refractivity contribution < 1.29 is 9.53 Å². The van der Waals surface area contributed by atoms with E-state index in [1.807, 2.05) is 24.3 Å². The Balaban J connectivity index is 1.47. The number of hydrogen-bond donors (Lipinski definition) is 2. The molecule has 1 amide bonds. The lowest BCUT2D eigenvalue weighted by Crippen LogP contribution is -2.37. The molecule has 0 saturated heterocycles. The summed E-state index contributed by atoms with van der Waals surface area (Å²) < 4.78 is 5.99. The Morgan fingerprint density at radius 1 is 1.32 bits per heavy atom. The van der Waals surface area contributed by atoms with Crippen molar-refractivity contribution in [2.45, 2.75) is 42.5 Å². The number of ether oxygens (including phenoxy) is 1. The first-order valence-corrected chi connectivity index (χ1v) is 10.2. The maximum Gasteiger partial charge on any atom is 0.230 e. The highest BCUT2D eigenvalue weighted by Gasteiger charge is 2.16. The zero-order valence-corrected chi connectivity index (χ0v) is 15.8. The number of amides is 1. The number of methoxy groups -OCH3 is 1. The zero-order valence-electron chi connectivity index (χ0n) is 14.2. The fourth-order valence-electron chi connectivity index (χ4n) is 2.79. The van der Waals surface area contributed by atoms with E-state index in [2.05, 4.69) is 20.8 Å². The van der Waals surface area contributed by atoms with E-state index in [1.54, 1.807) is 7.11 Å². The van der Waals surface area contributed by atoms with Crippen LogP contribution in [-0.2, 0) is 4.79 Å². The molecule has 0 atom stereocenters. The first-order chi connectivity index (χ1) is 12.2. The van der Waals surface area contributed by atoms with Crippen molar-refractivity contribution in [3.63, 3.8) is 0 Å². The van der Waals surface area contributed by atoms with Gasteiger partial charge in [-0.15, -0.1) is 10.2 Å². The van der Waals surface area contributed by atoms with Crippen LogP contribution in [0.3, 0.4) is 0 Å². The van der Waals surface area contributed by atoms with Gasteiger partial charge in [0.1, 0.15) is 5.75 Å². The summed E-state index contributed by atoms with van der Waals surface area (Å²) in [5.41, 5.74) is 0.891. The van der Waals surface area contributed by atoms with Crippen molar-refractivity contribution >= 4 is 39.8 Å². The molecule has 25 heavy (non-hydrogen) atoms. The summed E-state index contributed by atoms with van der Waals surface area (Å²) in [7, 11) is 1.64. The van der Waals surface area contributed by atoms with Crippen LogP contribution in [0, 0.1) is 0 Å². The Kier molecular flexibility index (Phi) is 6.52. The lowest BCUT2D eigenvalue weighted by molar-refractivity contribution is -0.119. The van der Waals surface area contributed by atoms with Crippen LogP contribution in [0.25, 0.3) is 0 Å². The van der Waals surface area contributed by atoms with Gasteiger partial charge in [-0.3, -0.25) is 4.79 Å². The number of benzene rings is 1. The molecule has 6 nitrogen and oxygen atoms in total. The molecule has 0 aliphatic heterocycles. The molecule has 0 unspecified atom stereocenters. The fraction of sp³-hybridized carbons (Fsp3) is 0.471. The van der Waals surface area contributed by atoms with Gasteiger partial charge in [0.05, 0.1) is 12.9 Å². The van der Waals surface area contributed by atoms with Crippen molar-refractivity contribution in [1.82, 2.24) is 15.5 Å². The van der Waals surface area contributed by atoms with Gasteiger partial charge in [-0.05, 0) is 25.0 Å². The van der Waals surface area contributed by atoms with Crippen LogP contribution < -0.4 is 15.4 Å². The van der Waals surface area contributed by atoms with E-state index in [1.165, 1.54) is 42.4 Å². The molecule has 2 N–H and O–H groups in total. The Labute approximate surface area is 155 Å². The van der Waals surface area contributed by atoms with Crippen molar-refractivity contribution in [1.29, 1.82) is 0 Å². The number of thioether (sulfide) groups is 1. The summed E-state index contributed by atoms with van der Waals surface area (Å²) in [5.74, 6) is 1.24. The van der Waals surface area contributed by atoms with E-state index in [-0.39, 0.29) is 5.91 Å². The summed E-state index contributed by atoms with van der Waals surface area (Å²) in [4.78, 5) is 12.0. The predicted octanol–water partition coefficient (Wildman–Crippen LogP) is 3.83. The van der Waals surface area contributed by atoms with Gasteiger partial charge >= 0.3 is 0 Å². The number of carbonyl (C=O) groups excluding carboxylic acids is 1. The molecule has 1 aliphatic rings. The molecule has 8 heteroatoms. The number of nitrogens with zero attached hydrogens (tertiary/aromatic N) is 2. The van der Waals surface area contributed by atoms with Gasteiger partial charge in [0.25, 0.3) is 0 Å². The van der Waals surface area contributed by atoms with Crippen LogP contribution in [0.5, 0.6) is 5.75 Å². The molecular formula is C17H22N4O2S2. The number of rotatable bonds is 7. The predicted molar refractivity (Wildman–Crippen MR) is 102 cm³/mol. The third kappa shape index (κ3) is 5.61. The van der Waals surface area contributed by atoms with E-state index in [0.717, 1.165) is 28.6 Å². The van der Waals surface area contributed by atoms with Gasteiger partial charge in [-0.25, -0.2) is 0 Å². The molecule has 1 aromatic carbocycles. The molecule has 3 rings (SSSR count). The van der Waals surface area contributed by atoms with E-state index in [0.29, 0.717) is 16.9 Å². The molecule has 0 bridgehead atoms. The molecular weight excluding hydrogens is 356 g/mol. The van der Waals surface area contributed by atoms with Gasteiger partial charge in [0, 0.05) is 17.8 Å². The maximum absolute atomic E-state index is 12.0. The number of nitrogens with one attached hydrogen (secondary N) is 2. The molecule has 0 spiro atoms. The second kappa shape index (κ2) is 9.05. The van der Waals surface area contributed by atoms with E-state index < -0.39 is 0 Å². The summed E-state index contributed by atoms with van der Waals surface area (Å²) >= 11 is 2.86. The highest BCUT2D eigenvalue weighted by Crippen LogP contribution is 2.28. The Morgan fingerprint density at radius 3 is 2.96 bits per heavy atom. The van der Waals surface area contributed by atoms with Gasteiger partial charge in [-0.1, -0.05) is 48.4 Å². The summed E-state index contributed by atoms with van der Waals surface area (Å²) in [6.07, 6.45) is 5.92. The van der Waals surface area contributed by atoms with Crippen LogP contribution in [0.15, 0.2) is 28.6 Å². The molecule has 1 fully saturated rings. The first kappa shape index (κ1) is 18.0. The lowest BCUT2D eigenvalue weighted by atomic mass is 9.95. The molecule has 0 radical (unpaired) electrons. The fourth-order valence-corrected chi connectivity index (χ4v) is 4.37. The summed E-state index contributed by atoms with van der Waals surface area (Å²) in [6.45, 7) is 0. The minimum absolute atomic E-state index is 0.0782. The summed E-state index contributed by atoms with van der Waals surface area (Å²) in [6, 6.07) is 7.98. The van der Waals surface area contributed by atoms with Crippen LogP contribution in [0.4, 0.5) is 10.8 Å². The molecule has 134 valence electrons. The molecule has 1 aliphatic carbocycles. The zero-order chi connectivity index (χ0) is 17.5. The first-order valence-electron chi connectivity index (χ1n) is 8.39. The highest BCUT2D eigenvalue weighted by atomic mass is 32.2. The Morgan fingerprint density at radius 2 is 2.16 bits per heavy atom. The SMILES string of the molecule is COc1cccc(Nc2nnc(SCC(=O)NC3CCCCC3)s2)c1. The lowest BCUT2D eigenvalue weighted by Gasteiger charge is -2.22. The van der Waals surface area contributed by atoms with Crippen LogP contribution in [0.2, 0.25) is 0 Å². The molecule has 1 saturated carbocycles. The molecule has 1 aromatic heterocycles.